The van der Waals surface area contributed by atoms with Gasteiger partial charge in [-0.15, -0.1) is 0 Å². The number of aromatic nitrogens is 4. The van der Waals surface area contributed by atoms with Crippen LogP contribution in [0.1, 0.15) is 93.4 Å². The van der Waals surface area contributed by atoms with Crippen LogP contribution < -0.4 is 28.4 Å². The fourth-order valence-electron chi connectivity index (χ4n) is 15.7. The number of hydrogen-bond acceptors (Lipinski definition) is 11. The van der Waals surface area contributed by atoms with Crippen LogP contribution in [0.2, 0.25) is 0 Å². The SMILES string of the molecule is CC(C#N)(CCC(=O)OCc1cc(OCc2cc(OCCCCn3c4ccccc4c4ccccc43)cc(OCCCCn3c4ccccc4c4ccccc43)c2)cc(OCc2cc(OCCCCn3c4ccccc4c4ccccc43)cc(OCCCCn3c4ccccc4c4ccccc43)c2)c1)SC(=S)c1ccccc1. The van der Waals surface area contributed by atoms with Crippen LogP contribution in [0.15, 0.2) is 279 Å². The third-order valence-corrected chi connectivity index (χ3v) is 23.0. The van der Waals surface area contributed by atoms with Gasteiger partial charge in [0, 0.05) is 138 Å². The molecule has 0 N–H and O–H groups in total. The first-order valence-corrected chi connectivity index (χ1v) is 40.8. The molecule has 13 nitrogen and oxygen atoms in total. The Morgan fingerprint density at radius 1 is 0.345 bits per heavy atom. The van der Waals surface area contributed by atoms with Gasteiger partial charge in [-0.1, -0.05) is 200 Å². The fourth-order valence-corrected chi connectivity index (χ4v) is 17.3. The molecule has 4 heterocycles. The molecule has 16 aromatic rings. The van der Waals surface area contributed by atoms with Crippen LogP contribution in [0, 0.1) is 11.3 Å². The van der Waals surface area contributed by atoms with Crippen molar-refractivity contribution in [1.29, 1.82) is 5.26 Å². The van der Waals surface area contributed by atoms with Crippen LogP contribution in [0.3, 0.4) is 0 Å². The number of nitrogens with zero attached hydrogens (tertiary/aromatic N) is 5. The minimum atomic E-state index is -0.965. The van der Waals surface area contributed by atoms with E-state index in [-0.39, 0.29) is 32.7 Å². The summed E-state index contributed by atoms with van der Waals surface area (Å²) in [4.78, 5) is 13.8. The Kier molecular flexibility index (Phi) is 23.7. The predicted octanol–water partition coefficient (Wildman–Crippen LogP) is 23.9. The number of hydrogen-bond donors (Lipinski definition) is 0. The third kappa shape index (κ3) is 17.7. The molecule has 0 radical (unpaired) electrons. The first kappa shape index (κ1) is 75.1. The number of rotatable bonds is 37. The third-order valence-electron chi connectivity index (χ3n) is 21.3. The highest BCUT2D eigenvalue weighted by Crippen LogP contribution is 2.38. The predicted molar refractivity (Wildman–Crippen MR) is 463 cm³/mol. The van der Waals surface area contributed by atoms with E-state index in [1.807, 2.05) is 91.9 Å². The normalized spacial score (nSPS) is 12.1. The molecule has 0 fully saturated rings. The van der Waals surface area contributed by atoms with Crippen molar-refractivity contribution in [1.82, 2.24) is 18.3 Å². The lowest BCUT2D eigenvalue weighted by Gasteiger charge is -2.21. The van der Waals surface area contributed by atoms with Crippen LogP contribution >= 0.6 is 24.0 Å². The molecule has 568 valence electrons. The van der Waals surface area contributed by atoms with E-state index in [9.17, 15) is 10.1 Å². The van der Waals surface area contributed by atoms with Crippen molar-refractivity contribution >= 4 is 121 Å². The Hall–Kier alpha value is -12.0. The molecule has 16 rings (SSSR count). The van der Waals surface area contributed by atoms with Gasteiger partial charge in [-0.05, 0) is 172 Å². The molecule has 0 aliphatic carbocycles. The minimum absolute atomic E-state index is 0.00560. The lowest BCUT2D eigenvalue weighted by Crippen LogP contribution is -2.22. The second-order valence-corrected chi connectivity index (χ2v) is 31.4. The molecule has 0 spiro atoms. The van der Waals surface area contributed by atoms with E-state index in [2.05, 4.69) is 218 Å². The summed E-state index contributed by atoms with van der Waals surface area (Å²) in [6.45, 7) is 7.52. The Balaban J connectivity index is 0.632. The summed E-state index contributed by atoms with van der Waals surface area (Å²) in [7, 11) is 0. The monoisotopic (exact) mass is 1530 g/mol. The summed E-state index contributed by atoms with van der Waals surface area (Å²) in [5.41, 5.74) is 13.1. The number of benzene rings is 12. The van der Waals surface area contributed by atoms with E-state index in [0.717, 1.165) is 94.2 Å². The minimum Gasteiger partial charge on any atom is -0.493 e. The molecule has 12 aromatic carbocycles. The van der Waals surface area contributed by atoms with Gasteiger partial charge in [-0.25, -0.2) is 0 Å². The van der Waals surface area contributed by atoms with Crippen LogP contribution in [0.4, 0.5) is 0 Å². The van der Waals surface area contributed by atoms with Crippen molar-refractivity contribution in [2.24, 2.45) is 0 Å². The van der Waals surface area contributed by atoms with Gasteiger partial charge in [-0.3, -0.25) is 4.79 Å². The highest BCUT2D eigenvalue weighted by molar-refractivity contribution is 8.24. The zero-order chi connectivity index (χ0) is 76.7. The summed E-state index contributed by atoms with van der Waals surface area (Å²) in [5, 5.41) is 20.5. The van der Waals surface area contributed by atoms with Gasteiger partial charge in [0.2, 0.25) is 0 Å². The average Bonchev–Trinajstić information content (AvgIpc) is 1.64. The van der Waals surface area contributed by atoms with Gasteiger partial charge in [-0.2, -0.15) is 5.26 Å². The van der Waals surface area contributed by atoms with Gasteiger partial charge < -0.3 is 51.4 Å². The Morgan fingerprint density at radius 3 is 0.885 bits per heavy atom. The number of carbonyl (C=O) groups is 1. The smallest absolute Gasteiger partial charge is 0.306 e. The number of para-hydroxylation sites is 8. The number of unbranched alkanes of at least 4 members (excludes halogenated alkanes) is 4. The van der Waals surface area contributed by atoms with Crippen molar-refractivity contribution in [3.05, 3.63) is 301 Å². The number of esters is 1. The van der Waals surface area contributed by atoms with Crippen molar-refractivity contribution in [3.63, 3.8) is 0 Å². The van der Waals surface area contributed by atoms with E-state index in [1.54, 1.807) is 0 Å². The fraction of sp³-hybridized carbons (Fsp3) is 0.235. The van der Waals surface area contributed by atoms with Crippen LogP contribution in [0.5, 0.6) is 34.5 Å². The van der Waals surface area contributed by atoms with Crippen LogP contribution in [-0.4, -0.2) is 59.6 Å². The molecule has 0 amide bonds. The van der Waals surface area contributed by atoms with E-state index >= 15 is 0 Å². The molecule has 0 saturated carbocycles. The van der Waals surface area contributed by atoms with Crippen LogP contribution in [-0.2, 0) is 55.5 Å². The van der Waals surface area contributed by atoms with E-state index in [4.69, 9.17) is 45.4 Å². The number of thiocarbonyl (C=S) groups is 1. The number of carbonyl (C=O) groups excluding carboxylic acids is 1. The molecular weight excluding hydrogens is 1440 g/mol. The standard InChI is InChI=1S/C98H91N5O8S2/c1-98(69-99,113-97(112)73-29-3-2-4-30-73)48-47-96(104)111-68-72-61-78(109-66-70-57-74(105-53-25-21-49-100-88-39-13-5-31-80(88)81-32-6-14-40-89(81)100)63-75(58-70)106-54-26-22-50-101-90-41-15-7-33-82(90)83-34-8-16-42-91(83)101)65-79(62-72)110-67-71-59-76(107-55-27-23-51-102-92-43-17-9-35-84(92)85-36-10-18-44-93(85)102)64-77(60-71)108-56-28-24-52-103-94-45-19-11-37-86(94)87-38-12-20-46-95(87)103/h2-20,29-46,57-65H,21-28,47-56,66-68H2,1H3. The Labute approximate surface area is 668 Å². The first-order chi connectivity index (χ1) is 55.7. The van der Waals surface area contributed by atoms with E-state index in [0.29, 0.717) is 70.7 Å². The molecule has 113 heavy (non-hydrogen) atoms. The largest absolute Gasteiger partial charge is 0.493 e. The molecular formula is C98H91N5O8S2. The molecule has 1 unspecified atom stereocenters. The Bertz CT molecular complexity index is 5280. The molecule has 15 heteroatoms. The van der Waals surface area contributed by atoms with E-state index in [1.165, 1.54) is 99.0 Å². The number of thioether (sulfide) groups is 1. The lowest BCUT2D eigenvalue weighted by atomic mass is 10.1. The highest BCUT2D eigenvalue weighted by atomic mass is 32.2. The maximum Gasteiger partial charge on any atom is 0.306 e. The van der Waals surface area contributed by atoms with Gasteiger partial charge in [0.25, 0.3) is 0 Å². The van der Waals surface area contributed by atoms with Crippen molar-refractivity contribution < 1.29 is 38.0 Å². The summed E-state index contributed by atoms with van der Waals surface area (Å²) in [6, 6.07) is 98.8. The zero-order valence-electron chi connectivity index (χ0n) is 63.7. The lowest BCUT2D eigenvalue weighted by molar-refractivity contribution is -0.145. The topological polar surface area (TPSA) is 125 Å². The van der Waals surface area contributed by atoms with E-state index < -0.39 is 10.7 Å². The molecule has 0 bridgehead atoms. The molecule has 0 saturated heterocycles. The van der Waals surface area contributed by atoms with Crippen molar-refractivity contribution in [2.75, 3.05) is 26.4 Å². The summed E-state index contributed by atoms with van der Waals surface area (Å²) < 4.78 is 55.5. The average molecular weight is 1530 g/mol. The highest BCUT2D eigenvalue weighted by Gasteiger charge is 2.29. The van der Waals surface area contributed by atoms with Gasteiger partial charge >= 0.3 is 5.97 Å². The summed E-state index contributed by atoms with van der Waals surface area (Å²) >= 11 is 7.05. The summed E-state index contributed by atoms with van der Waals surface area (Å²) in [6.07, 6.45) is 7.26. The second kappa shape index (κ2) is 35.6. The molecule has 1 atom stereocenters. The van der Waals surface area contributed by atoms with Gasteiger partial charge in [0.05, 0.1) is 36.7 Å². The van der Waals surface area contributed by atoms with Crippen molar-refractivity contribution in [2.45, 2.75) is 122 Å². The zero-order valence-corrected chi connectivity index (χ0v) is 65.4. The van der Waals surface area contributed by atoms with Gasteiger partial charge in [0.1, 0.15) is 59.1 Å². The molecule has 0 aliphatic heterocycles. The Morgan fingerprint density at radius 2 is 0.602 bits per heavy atom. The number of fused-ring (bicyclic) bond motifs is 12. The summed E-state index contributed by atoms with van der Waals surface area (Å²) in [5.74, 6) is 3.31. The van der Waals surface area contributed by atoms with Crippen molar-refractivity contribution in [3.8, 4) is 40.6 Å². The second-order valence-electron chi connectivity index (χ2n) is 29.2. The molecule has 4 aromatic heterocycles. The maximum absolute atomic E-state index is 13.8. The number of ether oxygens (including phenoxy) is 7. The quantitative estimate of drug-likeness (QED) is 0.0210. The van der Waals surface area contributed by atoms with Crippen LogP contribution in [0.25, 0.3) is 87.2 Å². The number of nitriles is 1. The molecule has 0 aliphatic rings. The maximum atomic E-state index is 13.8. The van der Waals surface area contributed by atoms with Gasteiger partial charge in [0.15, 0.2) is 0 Å². The number of aryl methyl sites for hydroxylation is 4. The first-order valence-electron chi connectivity index (χ1n) is 39.5.